The Kier molecular flexibility index (Phi) is 12.0. The van der Waals surface area contributed by atoms with E-state index in [1.807, 2.05) is 23.5 Å². The van der Waals surface area contributed by atoms with Gasteiger partial charge in [-0.3, -0.25) is 0 Å². The van der Waals surface area contributed by atoms with E-state index in [1.54, 1.807) is 0 Å². The van der Waals surface area contributed by atoms with Gasteiger partial charge >= 0.3 is 0 Å². The second-order valence-corrected chi connectivity index (χ2v) is 9.45. The van der Waals surface area contributed by atoms with Gasteiger partial charge in [0.05, 0.1) is 0 Å². The highest BCUT2D eigenvalue weighted by Gasteiger charge is 1.96. The first kappa shape index (κ1) is 23.0. The highest BCUT2D eigenvalue weighted by molar-refractivity contribution is 7.99. The quantitative estimate of drug-likeness (QED) is 0.196. The van der Waals surface area contributed by atoms with E-state index in [-0.39, 0.29) is 0 Å². The summed E-state index contributed by atoms with van der Waals surface area (Å²) in [6.07, 6.45) is 10.6. The van der Waals surface area contributed by atoms with Crippen molar-refractivity contribution in [3.05, 3.63) is 59.7 Å². The topological polar surface area (TPSA) is 0 Å². The summed E-state index contributed by atoms with van der Waals surface area (Å²) < 4.78 is 0. The molecule has 0 bridgehead atoms. The van der Waals surface area contributed by atoms with Crippen LogP contribution in [0.5, 0.6) is 0 Å². The molecule has 0 N–H and O–H groups in total. The Hall–Kier alpha value is -1.30. The summed E-state index contributed by atoms with van der Waals surface area (Å²) in [5.41, 5.74) is 2.18. The molecule has 2 heteroatoms. The van der Waals surface area contributed by atoms with Crippen LogP contribution >= 0.6 is 23.5 Å². The van der Waals surface area contributed by atoms with Crippen LogP contribution in [0.15, 0.2) is 58.3 Å². The maximum atomic E-state index is 3.29. The van der Waals surface area contributed by atoms with E-state index in [2.05, 4.69) is 74.2 Å². The molecule has 150 valence electrons. The molecule has 0 atom stereocenters. The highest BCUT2D eigenvalue weighted by atomic mass is 32.2. The molecule has 0 aliphatic carbocycles. The standard InChI is InChI=1S/C26H34S2/c1-3-5-7-9-21-27-25-17-13-23(14-18-25)11-12-24-15-19-26(20-16-24)28-22-10-8-6-4-2/h13-20H,3-10,21-22H2,1-2H3. The fourth-order valence-electron chi connectivity index (χ4n) is 2.85. The second kappa shape index (κ2) is 14.7. The molecular weight excluding hydrogens is 376 g/mol. The Morgan fingerprint density at radius 3 is 1.29 bits per heavy atom. The maximum absolute atomic E-state index is 3.29. The molecule has 0 aliphatic rings. The van der Waals surface area contributed by atoms with Crippen LogP contribution < -0.4 is 0 Å². The minimum absolute atomic E-state index is 1.09. The lowest BCUT2D eigenvalue weighted by Gasteiger charge is -2.02. The van der Waals surface area contributed by atoms with Crippen molar-refractivity contribution in [1.29, 1.82) is 0 Å². The summed E-state index contributed by atoms with van der Waals surface area (Å²) >= 11 is 3.91. The largest absolute Gasteiger partial charge is 0.126 e. The normalized spacial score (nSPS) is 10.5. The minimum atomic E-state index is 1.09. The Morgan fingerprint density at radius 1 is 0.536 bits per heavy atom. The molecule has 0 fully saturated rings. The van der Waals surface area contributed by atoms with E-state index in [4.69, 9.17) is 0 Å². The van der Waals surface area contributed by atoms with Crippen molar-refractivity contribution in [1.82, 2.24) is 0 Å². The monoisotopic (exact) mass is 410 g/mol. The van der Waals surface area contributed by atoms with Gasteiger partial charge in [0.2, 0.25) is 0 Å². The Balaban J connectivity index is 1.76. The summed E-state index contributed by atoms with van der Waals surface area (Å²) in [4.78, 5) is 2.70. The zero-order chi connectivity index (χ0) is 19.9. The number of hydrogen-bond acceptors (Lipinski definition) is 2. The summed E-state index contributed by atoms with van der Waals surface area (Å²) in [7, 11) is 0. The van der Waals surface area contributed by atoms with Gasteiger partial charge in [0.15, 0.2) is 0 Å². The van der Waals surface area contributed by atoms with Gasteiger partial charge in [-0.1, -0.05) is 64.2 Å². The molecule has 0 radical (unpaired) electrons. The van der Waals surface area contributed by atoms with Gasteiger partial charge in [-0.2, -0.15) is 0 Å². The van der Waals surface area contributed by atoms with Crippen LogP contribution in [0.25, 0.3) is 0 Å². The van der Waals surface area contributed by atoms with Gasteiger partial charge in [0.1, 0.15) is 0 Å². The third kappa shape index (κ3) is 9.76. The second-order valence-electron chi connectivity index (χ2n) is 7.12. The molecule has 0 aliphatic heterocycles. The zero-order valence-corrected chi connectivity index (χ0v) is 19.1. The van der Waals surface area contributed by atoms with Crippen LogP contribution in [-0.2, 0) is 0 Å². The zero-order valence-electron chi connectivity index (χ0n) is 17.5. The Labute approximate surface area is 181 Å². The smallest absolute Gasteiger partial charge is 0.0249 e. The molecule has 2 rings (SSSR count). The Bertz CT molecular complexity index is 643. The fourth-order valence-corrected chi connectivity index (χ4v) is 4.68. The van der Waals surface area contributed by atoms with E-state index < -0.39 is 0 Å². The molecule has 2 aromatic carbocycles. The summed E-state index contributed by atoms with van der Waals surface area (Å²) in [5, 5.41) is 0. The van der Waals surface area contributed by atoms with Gasteiger partial charge in [0, 0.05) is 20.9 Å². The summed E-state index contributed by atoms with van der Waals surface area (Å²) in [5.74, 6) is 9.02. The van der Waals surface area contributed by atoms with E-state index in [9.17, 15) is 0 Å². The maximum Gasteiger partial charge on any atom is 0.0249 e. The van der Waals surface area contributed by atoms with Gasteiger partial charge in [-0.25, -0.2) is 0 Å². The van der Waals surface area contributed by atoms with Crippen molar-refractivity contribution in [3.8, 4) is 11.8 Å². The third-order valence-electron chi connectivity index (χ3n) is 4.59. The van der Waals surface area contributed by atoms with E-state index in [0.29, 0.717) is 0 Å². The van der Waals surface area contributed by atoms with Crippen LogP contribution in [0.1, 0.15) is 76.3 Å². The number of unbranched alkanes of at least 4 members (excludes halogenated alkanes) is 6. The van der Waals surface area contributed by atoms with E-state index in [0.717, 1.165) is 11.1 Å². The average Bonchev–Trinajstić information content (AvgIpc) is 2.74. The minimum Gasteiger partial charge on any atom is -0.126 e. The first-order chi connectivity index (χ1) is 13.8. The van der Waals surface area contributed by atoms with Gasteiger partial charge in [-0.15, -0.1) is 23.5 Å². The van der Waals surface area contributed by atoms with Crippen molar-refractivity contribution < 1.29 is 0 Å². The third-order valence-corrected chi connectivity index (χ3v) is 6.79. The molecule has 0 spiro atoms. The lowest BCUT2D eigenvalue weighted by Crippen LogP contribution is -1.82. The molecule has 0 unspecified atom stereocenters. The van der Waals surface area contributed by atoms with E-state index >= 15 is 0 Å². The van der Waals surface area contributed by atoms with Crippen LogP contribution in [0.3, 0.4) is 0 Å². The lowest BCUT2D eigenvalue weighted by molar-refractivity contribution is 0.706. The molecule has 0 saturated carbocycles. The average molecular weight is 411 g/mol. The van der Waals surface area contributed by atoms with Crippen molar-refractivity contribution >= 4 is 23.5 Å². The first-order valence-corrected chi connectivity index (χ1v) is 12.8. The number of thioether (sulfide) groups is 2. The molecule has 28 heavy (non-hydrogen) atoms. The summed E-state index contributed by atoms with van der Waals surface area (Å²) in [6, 6.07) is 17.4. The van der Waals surface area contributed by atoms with Crippen molar-refractivity contribution in [3.63, 3.8) is 0 Å². The molecular formula is C26H34S2. The Morgan fingerprint density at radius 2 is 0.929 bits per heavy atom. The van der Waals surface area contributed by atoms with Crippen LogP contribution in [0, 0.1) is 11.8 Å². The molecule has 2 aromatic rings. The molecule has 0 aromatic heterocycles. The van der Waals surface area contributed by atoms with Gasteiger partial charge in [-0.05, 0) is 72.9 Å². The van der Waals surface area contributed by atoms with Crippen LogP contribution in [0.4, 0.5) is 0 Å². The van der Waals surface area contributed by atoms with Crippen molar-refractivity contribution in [2.24, 2.45) is 0 Å². The first-order valence-electron chi connectivity index (χ1n) is 10.8. The summed E-state index contributed by atoms with van der Waals surface area (Å²) in [6.45, 7) is 4.52. The van der Waals surface area contributed by atoms with Crippen molar-refractivity contribution in [2.45, 2.75) is 75.0 Å². The number of rotatable bonds is 12. The number of benzene rings is 2. The molecule has 0 heterocycles. The molecule has 0 saturated heterocycles. The van der Waals surface area contributed by atoms with Crippen molar-refractivity contribution in [2.75, 3.05) is 11.5 Å². The van der Waals surface area contributed by atoms with Crippen LogP contribution in [-0.4, -0.2) is 11.5 Å². The fraction of sp³-hybridized carbons (Fsp3) is 0.462. The van der Waals surface area contributed by atoms with Gasteiger partial charge < -0.3 is 0 Å². The predicted molar refractivity (Wildman–Crippen MR) is 129 cm³/mol. The van der Waals surface area contributed by atoms with Gasteiger partial charge in [0.25, 0.3) is 0 Å². The SMILES string of the molecule is CCCCCCSc1ccc(C#Cc2ccc(SCCCCCC)cc2)cc1. The lowest BCUT2D eigenvalue weighted by atomic mass is 10.2. The molecule has 0 amide bonds. The predicted octanol–water partition coefficient (Wildman–Crippen LogP) is 8.43. The number of hydrogen-bond donors (Lipinski definition) is 0. The van der Waals surface area contributed by atoms with Crippen LogP contribution in [0.2, 0.25) is 0 Å². The highest BCUT2D eigenvalue weighted by Crippen LogP contribution is 2.21. The molecule has 0 nitrogen and oxygen atoms in total. The van der Waals surface area contributed by atoms with E-state index in [1.165, 1.54) is 72.7 Å².